The molecule has 0 spiro atoms. The molecule has 5 rings (SSSR count). The monoisotopic (exact) mass is 648 g/mol. The Morgan fingerprint density at radius 1 is 0.591 bits per heavy atom. The van der Waals surface area contributed by atoms with Crippen LogP contribution in [-0.2, 0) is 4.79 Å². The smallest absolute Gasteiger partial charge is 0.326 e. The highest BCUT2D eigenvalue weighted by Crippen LogP contribution is 2.28. The fourth-order valence-corrected chi connectivity index (χ4v) is 4.59. The number of amides is 5. The van der Waals surface area contributed by atoms with Crippen LogP contribution in [0.3, 0.4) is 0 Å². The molecule has 0 saturated heterocycles. The van der Waals surface area contributed by atoms with Crippen molar-refractivity contribution in [2.24, 2.45) is 0 Å². The fourth-order valence-electron chi connectivity index (χ4n) is 3.62. The van der Waals surface area contributed by atoms with Gasteiger partial charge in [-0.05, 0) is 60.7 Å². The maximum atomic E-state index is 12.7. The Morgan fingerprint density at radius 2 is 1.05 bits per heavy atom. The van der Waals surface area contributed by atoms with E-state index >= 15 is 0 Å². The molecule has 44 heavy (non-hydrogen) atoms. The van der Waals surface area contributed by atoms with Crippen molar-refractivity contribution < 1.29 is 14.4 Å². The van der Waals surface area contributed by atoms with Crippen LogP contribution in [0.4, 0.5) is 49.6 Å². The lowest BCUT2D eigenvalue weighted by atomic mass is 10.1. The predicted octanol–water partition coefficient (Wildman–Crippen LogP) is 7.29. The number of hydrogen-bond acceptors (Lipinski definition) is 9. The maximum absolute atomic E-state index is 12.7. The van der Waals surface area contributed by atoms with E-state index in [2.05, 4.69) is 51.8 Å². The molecule has 0 radical (unpaired) electrons. The zero-order valence-electron chi connectivity index (χ0n) is 22.7. The van der Waals surface area contributed by atoms with Gasteiger partial charge in [0, 0.05) is 45.0 Å². The van der Waals surface area contributed by atoms with Gasteiger partial charge < -0.3 is 16.0 Å². The van der Waals surface area contributed by atoms with Gasteiger partial charge in [-0.15, -0.1) is 11.3 Å². The molecule has 5 amide bonds. The van der Waals surface area contributed by atoms with Gasteiger partial charge in [0.25, 0.3) is 0 Å². The molecule has 16 heteroatoms. The summed E-state index contributed by atoms with van der Waals surface area (Å²) in [6.07, 6.45) is 0. The molecule has 3 aromatic carbocycles. The first-order valence-electron chi connectivity index (χ1n) is 12.7. The van der Waals surface area contributed by atoms with Crippen molar-refractivity contribution in [3.05, 3.63) is 88.2 Å². The average molecular weight is 650 g/mol. The molecular weight excluding hydrogens is 627 g/mol. The van der Waals surface area contributed by atoms with Crippen molar-refractivity contribution in [2.45, 2.75) is 6.92 Å². The summed E-state index contributed by atoms with van der Waals surface area (Å²) in [6.45, 7) is 1.44. The van der Waals surface area contributed by atoms with Gasteiger partial charge in [-0.3, -0.25) is 20.7 Å². The summed E-state index contributed by atoms with van der Waals surface area (Å²) in [5.74, 6) is -0.462. The highest BCUT2D eigenvalue weighted by molar-refractivity contribution is 7.14. The molecule has 0 fully saturated rings. The Bertz CT molecular complexity index is 1720. The van der Waals surface area contributed by atoms with Crippen molar-refractivity contribution >= 4 is 92.5 Å². The number of aromatic nitrogens is 4. The molecule has 222 valence electrons. The Morgan fingerprint density at radius 3 is 1.55 bits per heavy atom. The summed E-state index contributed by atoms with van der Waals surface area (Å²) >= 11 is 13.1. The topological polar surface area (TPSA) is 175 Å². The third-order valence-electron chi connectivity index (χ3n) is 5.51. The largest absolute Gasteiger partial charge is 0.326 e. The highest BCUT2D eigenvalue weighted by Gasteiger charge is 2.14. The Hall–Kier alpha value is -5.31. The number of urea groups is 2. The number of nitrogens with one attached hydrogen (secondary N) is 6. The number of halogens is 2. The SMILES string of the molecule is CC(=O)Nc1ccc(-c2csc(Nc3nc(NC(=O)Nc4ccc(Cl)cc4)nc(NC(=O)Nc4ccc(Cl)cc4)n3)n2)cc1. The lowest BCUT2D eigenvalue weighted by Gasteiger charge is -2.11. The van der Waals surface area contributed by atoms with Crippen LogP contribution < -0.4 is 31.9 Å². The van der Waals surface area contributed by atoms with Crippen LogP contribution in [0.5, 0.6) is 0 Å². The molecule has 13 nitrogen and oxygen atoms in total. The molecule has 2 aromatic heterocycles. The number of anilines is 7. The maximum Gasteiger partial charge on any atom is 0.326 e. The Labute approximate surface area is 264 Å². The Balaban J connectivity index is 1.34. The first-order valence-corrected chi connectivity index (χ1v) is 14.4. The van der Waals surface area contributed by atoms with E-state index in [4.69, 9.17) is 23.2 Å². The lowest BCUT2D eigenvalue weighted by Crippen LogP contribution is -2.24. The molecule has 0 aliphatic heterocycles. The second kappa shape index (κ2) is 13.8. The van der Waals surface area contributed by atoms with Crippen LogP contribution in [0.25, 0.3) is 11.3 Å². The van der Waals surface area contributed by atoms with Crippen LogP contribution in [-0.4, -0.2) is 37.9 Å². The minimum Gasteiger partial charge on any atom is -0.326 e. The molecular formula is C28H22Cl2N10O3S. The molecule has 0 atom stereocenters. The van der Waals surface area contributed by atoms with Crippen molar-refractivity contribution in [2.75, 3.05) is 31.9 Å². The normalized spacial score (nSPS) is 10.4. The average Bonchev–Trinajstić information content (AvgIpc) is 3.43. The van der Waals surface area contributed by atoms with Gasteiger partial charge >= 0.3 is 12.1 Å². The van der Waals surface area contributed by atoms with E-state index in [1.165, 1.54) is 18.3 Å². The van der Waals surface area contributed by atoms with Gasteiger partial charge in [-0.1, -0.05) is 35.3 Å². The number of nitrogens with zero attached hydrogens (tertiary/aromatic N) is 4. The summed E-state index contributed by atoms with van der Waals surface area (Å²) in [5.41, 5.74) is 3.13. The minimum atomic E-state index is -0.639. The number of hydrogen-bond donors (Lipinski definition) is 6. The molecule has 2 heterocycles. The summed E-state index contributed by atoms with van der Waals surface area (Å²) in [7, 11) is 0. The van der Waals surface area contributed by atoms with Crippen molar-refractivity contribution in [1.82, 2.24) is 19.9 Å². The van der Waals surface area contributed by atoms with Crippen molar-refractivity contribution in [3.63, 3.8) is 0 Å². The van der Waals surface area contributed by atoms with Crippen LogP contribution in [0.1, 0.15) is 6.92 Å². The van der Waals surface area contributed by atoms with Crippen LogP contribution >= 0.6 is 34.5 Å². The minimum absolute atomic E-state index is 0.00509. The number of carbonyl (C=O) groups excluding carboxylic acids is 3. The molecule has 0 bridgehead atoms. The molecule has 0 unspecified atom stereocenters. The summed E-state index contributed by atoms with van der Waals surface area (Å²) in [6, 6.07) is 19.0. The van der Waals surface area contributed by atoms with Gasteiger partial charge in [0.15, 0.2) is 5.13 Å². The summed E-state index contributed by atoms with van der Waals surface area (Å²) in [4.78, 5) is 53.9. The number of rotatable bonds is 8. The molecule has 5 aromatic rings. The zero-order valence-corrected chi connectivity index (χ0v) is 25.0. The zero-order chi connectivity index (χ0) is 31.1. The van der Waals surface area contributed by atoms with E-state index in [1.54, 1.807) is 60.7 Å². The predicted molar refractivity (Wildman–Crippen MR) is 173 cm³/mol. The van der Waals surface area contributed by atoms with Gasteiger partial charge in [-0.2, -0.15) is 15.0 Å². The molecule has 0 saturated carbocycles. The van der Waals surface area contributed by atoms with E-state index in [1.807, 2.05) is 17.5 Å². The van der Waals surface area contributed by atoms with Crippen LogP contribution in [0.2, 0.25) is 10.0 Å². The van der Waals surface area contributed by atoms with Crippen molar-refractivity contribution in [3.8, 4) is 11.3 Å². The van der Waals surface area contributed by atoms with Gasteiger partial charge in [-0.25, -0.2) is 14.6 Å². The highest BCUT2D eigenvalue weighted by atomic mass is 35.5. The van der Waals surface area contributed by atoms with E-state index in [-0.39, 0.29) is 23.8 Å². The van der Waals surface area contributed by atoms with Crippen LogP contribution in [0.15, 0.2) is 78.2 Å². The summed E-state index contributed by atoms with van der Waals surface area (Å²) in [5, 5.41) is 19.4. The fraction of sp³-hybridized carbons (Fsp3) is 0.0357. The third-order valence-corrected chi connectivity index (χ3v) is 6.78. The van der Waals surface area contributed by atoms with Gasteiger partial charge in [0.1, 0.15) is 0 Å². The van der Waals surface area contributed by atoms with E-state index < -0.39 is 12.1 Å². The van der Waals surface area contributed by atoms with Crippen LogP contribution in [0, 0.1) is 0 Å². The molecule has 6 N–H and O–H groups in total. The standard InChI is InChI=1S/C28H22Cl2N10O3S/c1-15(41)31-19-8-2-16(3-9-19)22-14-44-28(34-22)40-25-36-23(38-26(42)32-20-10-4-17(29)5-11-20)35-24(37-25)39-27(43)33-21-12-6-18(30)7-13-21/h2-14H,1H3,(H,31,41)(H5,32,33,34,35,36,37,38,39,40,42,43). The number of benzene rings is 3. The van der Waals surface area contributed by atoms with Gasteiger partial charge in [0.05, 0.1) is 5.69 Å². The molecule has 0 aliphatic carbocycles. The van der Waals surface area contributed by atoms with E-state index in [9.17, 15) is 14.4 Å². The second-order valence-corrected chi connectivity index (χ2v) is 10.6. The quantitative estimate of drug-likeness (QED) is 0.102. The summed E-state index contributed by atoms with van der Waals surface area (Å²) < 4.78 is 0. The first-order chi connectivity index (χ1) is 21.2. The lowest BCUT2D eigenvalue weighted by molar-refractivity contribution is -0.114. The number of thiazole rings is 1. The van der Waals surface area contributed by atoms with Crippen molar-refractivity contribution in [1.29, 1.82) is 0 Å². The molecule has 0 aliphatic rings. The third kappa shape index (κ3) is 8.61. The second-order valence-electron chi connectivity index (χ2n) is 8.90. The van der Waals surface area contributed by atoms with E-state index in [0.717, 1.165) is 5.56 Å². The first kappa shape index (κ1) is 30.2. The Kier molecular flexibility index (Phi) is 9.44. The number of carbonyl (C=O) groups is 3. The van der Waals surface area contributed by atoms with Gasteiger partial charge in [0.2, 0.25) is 23.8 Å². The van der Waals surface area contributed by atoms with E-state index in [0.29, 0.717) is 37.9 Å².